The van der Waals surface area contributed by atoms with E-state index in [1.54, 1.807) is 33.9 Å². The molecule has 2 N–H and O–H groups in total. The molecule has 1 unspecified atom stereocenters. The van der Waals surface area contributed by atoms with Crippen molar-refractivity contribution in [1.29, 1.82) is 0 Å². The third-order valence-electron chi connectivity index (χ3n) is 10.7. The summed E-state index contributed by atoms with van der Waals surface area (Å²) in [4.78, 5) is 40.6. The van der Waals surface area contributed by atoms with Crippen LogP contribution in [0.25, 0.3) is 0 Å². The Balaban J connectivity index is 1.48. The van der Waals surface area contributed by atoms with Crippen LogP contribution in [0.5, 0.6) is 0 Å². The molecule has 0 aromatic heterocycles. The topological polar surface area (TPSA) is 105 Å². The lowest BCUT2D eigenvalue weighted by Gasteiger charge is -2.62. The largest absolute Gasteiger partial charge is 0.390 e. The number of nitrogens with zero attached hydrogens (tertiary/aromatic N) is 1. The van der Waals surface area contributed by atoms with Gasteiger partial charge in [0.1, 0.15) is 0 Å². The molecule has 0 radical (unpaired) electrons. The number of amides is 1. The van der Waals surface area contributed by atoms with E-state index in [0.717, 1.165) is 5.57 Å². The van der Waals surface area contributed by atoms with Gasteiger partial charge in [-0.2, -0.15) is 11.8 Å². The Morgan fingerprint density at radius 3 is 2.62 bits per heavy atom. The van der Waals surface area contributed by atoms with Crippen LogP contribution in [-0.4, -0.2) is 95.4 Å². The summed E-state index contributed by atoms with van der Waals surface area (Å²) in [6.45, 7) is 7.34. The zero-order valence-corrected chi connectivity index (χ0v) is 25.4. The second-order valence-electron chi connectivity index (χ2n) is 13.4. The quantitative estimate of drug-likeness (QED) is 0.472. The molecule has 222 valence electrons. The number of nitrogens with one attached hydrogen (secondary N) is 1. The molecule has 40 heavy (non-hydrogen) atoms. The Kier molecular flexibility index (Phi) is 7.27. The zero-order valence-electron chi connectivity index (χ0n) is 24.6. The molecule has 1 aliphatic heterocycles. The molecule has 5 aliphatic rings. The SMILES string of the molecule is CNC(=O)C(CSCC(=O)[C@@]12OC(C)(C)O[C@@H]1C[C@H]1[C@@H]3CCC4=CC(=O)C=C[C@]4(C)[C@@]3(F)[C@@H](O)C[C@@]12C)N([14CH3])[14CH3]. The van der Waals surface area contributed by atoms with Crippen molar-refractivity contribution in [2.24, 2.45) is 22.7 Å². The summed E-state index contributed by atoms with van der Waals surface area (Å²) in [6, 6.07) is -0.399. The van der Waals surface area contributed by atoms with Crippen LogP contribution in [0.4, 0.5) is 4.39 Å². The molecule has 0 spiro atoms. The zero-order chi connectivity index (χ0) is 29.5. The monoisotopic (exact) mass is 582 g/mol. The molecule has 1 heterocycles. The number of rotatable bonds is 7. The Bertz CT molecular complexity index is 1170. The number of thioether (sulfide) groups is 1. The van der Waals surface area contributed by atoms with E-state index in [1.807, 2.05) is 25.9 Å². The van der Waals surface area contributed by atoms with Gasteiger partial charge in [0, 0.05) is 29.5 Å². The summed E-state index contributed by atoms with van der Waals surface area (Å²) in [5.74, 6) is -1.70. The molecule has 0 aromatic carbocycles. The highest BCUT2D eigenvalue weighted by Gasteiger charge is 2.79. The number of likely N-dealkylation sites (N-methyl/N-ethyl adjacent to an activating group) is 2. The summed E-state index contributed by atoms with van der Waals surface area (Å²) >= 11 is 1.37. The van der Waals surface area contributed by atoms with Crippen molar-refractivity contribution in [3.63, 3.8) is 0 Å². The molecular formula is C30H43FN2O6S. The minimum absolute atomic E-state index is 0.0419. The second-order valence-corrected chi connectivity index (χ2v) is 14.4. The number of alkyl halides is 1. The van der Waals surface area contributed by atoms with Crippen molar-refractivity contribution in [3.8, 4) is 0 Å². The van der Waals surface area contributed by atoms with Gasteiger partial charge in [-0.15, -0.1) is 0 Å². The van der Waals surface area contributed by atoms with Crippen molar-refractivity contribution in [2.45, 2.75) is 88.7 Å². The van der Waals surface area contributed by atoms with Gasteiger partial charge in [0.15, 0.2) is 28.6 Å². The fourth-order valence-corrected chi connectivity index (χ4v) is 10.00. The standard InChI is InChI=1S/C30H43FN2O6S/c1-26(2)38-24-13-20-19-9-8-17-12-18(34)10-11-27(17,3)29(19,31)22(35)14-28(20,4)30(24,39-26)23(36)16-40-15-21(33(6)7)25(37)32-5/h10-12,19-22,24,35H,8-9,13-16H2,1-7H3,(H,32,37)/t19-,20-,21?,22-,24+,27-,28-,29-,30+/m0/s1/i6+2,7+2. The van der Waals surface area contributed by atoms with Gasteiger partial charge in [0.25, 0.3) is 0 Å². The first-order chi connectivity index (χ1) is 18.6. The number of allylic oxidation sites excluding steroid dienone is 4. The van der Waals surface area contributed by atoms with Crippen LogP contribution in [-0.2, 0) is 23.9 Å². The predicted octanol–water partition coefficient (Wildman–Crippen LogP) is 2.84. The molecular weight excluding hydrogens is 539 g/mol. The fourth-order valence-electron chi connectivity index (χ4n) is 8.81. The third kappa shape index (κ3) is 3.96. The molecule has 1 amide bonds. The van der Waals surface area contributed by atoms with Crippen LogP contribution in [0.1, 0.15) is 53.4 Å². The van der Waals surface area contributed by atoms with Gasteiger partial charge in [-0.05, 0) is 78.6 Å². The van der Waals surface area contributed by atoms with E-state index in [2.05, 4.69) is 5.32 Å². The molecule has 4 fully saturated rings. The smallest absolute Gasteiger partial charge is 0.237 e. The first-order valence-electron chi connectivity index (χ1n) is 14.3. The van der Waals surface area contributed by atoms with Gasteiger partial charge < -0.3 is 19.9 Å². The highest BCUT2D eigenvalue weighted by atomic mass is 32.2. The number of aliphatic hydroxyl groups is 1. The maximum absolute atomic E-state index is 17.5. The van der Waals surface area contributed by atoms with Crippen LogP contribution in [0, 0.1) is 22.7 Å². The number of hydrogen-bond acceptors (Lipinski definition) is 8. The Labute approximate surface area is 240 Å². The molecule has 0 bridgehead atoms. The van der Waals surface area contributed by atoms with Crippen LogP contribution in [0.2, 0.25) is 0 Å². The lowest BCUT2D eigenvalue weighted by molar-refractivity contribution is -0.245. The molecule has 5 rings (SSSR count). The van der Waals surface area contributed by atoms with E-state index in [4.69, 9.17) is 9.47 Å². The molecule has 10 heteroatoms. The molecule has 1 saturated heterocycles. The lowest BCUT2D eigenvalue weighted by atomic mass is 9.44. The Morgan fingerprint density at radius 2 is 1.98 bits per heavy atom. The van der Waals surface area contributed by atoms with E-state index in [-0.39, 0.29) is 35.6 Å². The highest BCUT2D eigenvalue weighted by Crippen LogP contribution is 2.72. The van der Waals surface area contributed by atoms with Gasteiger partial charge >= 0.3 is 0 Å². The van der Waals surface area contributed by atoms with Crippen molar-refractivity contribution >= 4 is 29.2 Å². The van der Waals surface area contributed by atoms with E-state index < -0.39 is 52.1 Å². The van der Waals surface area contributed by atoms with E-state index in [9.17, 15) is 19.5 Å². The highest BCUT2D eigenvalue weighted by molar-refractivity contribution is 8.00. The maximum atomic E-state index is 17.5. The summed E-state index contributed by atoms with van der Waals surface area (Å²) in [5.41, 5.74) is -4.57. The normalized spacial score (nSPS) is 43.9. The van der Waals surface area contributed by atoms with E-state index in [1.165, 1.54) is 23.9 Å². The minimum atomic E-state index is -1.99. The Hall–Kier alpha value is -1.59. The van der Waals surface area contributed by atoms with Crippen LogP contribution < -0.4 is 5.32 Å². The van der Waals surface area contributed by atoms with Crippen molar-refractivity contribution in [2.75, 3.05) is 32.6 Å². The summed E-state index contributed by atoms with van der Waals surface area (Å²) in [7, 11) is 5.24. The maximum Gasteiger partial charge on any atom is 0.237 e. The summed E-state index contributed by atoms with van der Waals surface area (Å²) in [6.07, 6.45) is 4.17. The van der Waals surface area contributed by atoms with Crippen LogP contribution in [0.15, 0.2) is 23.8 Å². The first kappa shape index (κ1) is 29.9. The predicted molar refractivity (Wildman–Crippen MR) is 150 cm³/mol. The summed E-state index contributed by atoms with van der Waals surface area (Å²) in [5, 5.41) is 14.4. The van der Waals surface area contributed by atoms with Gasteiger partial charge in [-0.3, -0.25) is 19.3 Å². The fraction of sp³-hybridized carbons (Fsp3) is 0.767. The van der Waals surface area contributed by atoms with Gasteiger partial charge in [-0.25, -0.2) is 4.39 Å². The number of hydrogen-bond donors (Lipinski definition) is 2. The molecule has 4 aliphatic carbocycles. The number of ether oxygens (including phenoxy) is 2. The lowest BCUT2D eigenvalue weighted by Crippen LogP contribution is -2.69. The third-order valence-corrected chi connectivity index (χ3v) is 11.7. The first-order valence-corrected chi connectivity index (χ1v) is 15.4. The number of aliphatic hydroxyl groups excluding tert-OH is 1. The number of carbonyl (C=O) groups excluding carboxylic acids is 3. The molecule has 0 aromatic rings. The average Bonchev–Trinajstić information content (AvgIpc) is 3.28. The van der Waals surface area contributed by atoms with E-state index in [0.29, 0.717) is 25.0 Å². The van der Waals surface area contributed by atoms with Crippen molar-refractivity contribution < 1.29 is 33.4 Å². The minimum Gasteiger partial charge on any atom is -0.390 e. The number of carbonyl (C=O) groups is 3. The number of Topliss-reactive ketones (excluding diaryl/α,β-unsaturated/α-hetero) is 1. The number of ketones is 2. The van der Waals surface area contributed by atoms with Crippen molar-refractivity contribution in [3.05, 3.63) is 23.8 Å². The van der Waals surface area contributed by atoms with Gasteiger partial charge in [0.2, 0.25) is 5.91 Å². The Morgan fingerprint density at radius 1 is 1.27 bits per heavy atom. The summed E-state index contributed by atoms with van der Waals surface area (Å²) < 4.78 is 30.5. The average molecular weight is 583 g/mol. The van der Waals surface area contributed by atoms with Crippen LogP contribution in [0.3, 0.4) is 0 Å². The molecule has 3 saturated carbocycles. The molecule has 9 atom stereocenters. The van der Waals surface area contributed by atoms with E-state index >= 15 is 4.39 Å². The van der Waals surface area contributed by atoms with Gasteiger partial charge in [0.05, 0.1) is 24.0 Å². The second kappa shape index (κ2) is 9.73. The number of fused-ring (bicyclic) bond motifs is 7. The van der Waals surface area contributed by atoms with Crippen molar-refractivity contribution in [1.82, 2.24) is 10.2 Å². The van der Waals surface area contributed by atoms with Crippen LogP contribution >= 0.6 is 11.8 Å². The molecule has 8 nitrogen and oxygen atoms in total. The number of halogens is 1. The van der Waals surface area contributed by atoms with Gasteiger partial charge in [-0.1, -0.05) is 18.6 Å².